The normalized spacial score (nSPS) is 19.9. The standard InChI is InChI=1S/C29H34FN5O5/c1-18-8-10-22(30)21(16-18)25(37)31-24(19-6-4-5-7-19)26(38)34-14-12-29(13-15-34)27(39)33(3)28(40)35(29)20-9-11-23(36)32(2)17-20/h8-11,16-17,19,24H,4-7,12-15H2,1-3H3,(H,31,37)/t24-/m1/s1. The van der Waals surface area contributed by atoms with Gasteiger partial charge in [0.15, 0.2) is 0 Å². The third-order valence-electron chi connectivity index (χ3n) is 8.63. The van der Waals surface area contributed by atoms with Crippen molar-refractivity contribution in [2.45, 2.75) is 57.0 Å². The molecule has 1 aromatic heterocycles. The molecule has 2 saturated heterocycles. The molecule has 1 aromatic carbocycles. The second-order valence-corrected chi connectivity index (χ2v) is 11.2. The zero-order valence-corrected chi connectivity index (χ0v) is 23.0. The summed E-state index contributed by atoms with van der Waals surface area (Å²) in [6.45, 7) is 2.17. The Morgan fingerprint density at radius 1 is 1.02 bits per heavy atom. The van der Waals surface area contributed by atoms with Crippen molar-refractivity contribution in [3.8, 4) is 0 Å². The Hall–Kier alpha value is -4.02. The number of imide groups is 1. The molecule has 3 fully saturated rings. The molecule has 5 amide bonds. The number of nitrogens with zero attached hydrogens (tertiary/aromatic N) is 4. The molecule has 3 aliphatic rings. The molecule has 11 heteroatoms. The number of amides is 5. The van der Waals surface area contributed by atoms with E-state index < -0.39 is 29.3 Å². The zero-order valence-electron chi connectivity index (χ0n) is 23.0. The van der Waals surface area contributed by atoms with Gasteiger partial charge in [0.1, 0.15) is 17.4 Å². The summed E-state index contributed by atoms with van der Waals surface area (Å²) in [5.41, 5.74) is -0.354. The summed E-state index contributed by atoms with van der Waals surface area (Å²) in [5.74, 6) is -1.95. The van der Waals surface area contributed by atoms with Gasteiger partial charge in [0.05, 0.1) is 11.3 Å². The number of halogens is 1. The molecule has 40 heavy (non-hydrogen) atoms. The van der Waals surface area contributed by atoms with Gasteiger partial charge in [-0.05, 0) is 56.7 Å². The maximum Gasteiger partial charge on any atom is 0.331 e. The van der Waals surface area contributed by atoms with Crippen molar-refractivity contribution in [1.82, 2.24) is 19.7 Å². The number of likely N-dealkylation sites (tertiary alicyclic amines) is 1. The number of likely N-dealkylation sites (N-methyl/N-ethyl adjacent to an activating group) is 1. The molecule has 2 aliphatic heterocycles. The summed E-state index contributed by atoms with van der Waals surface area (Å²) >= 11 is 0. The molecule has 0 bridgehead atoms. The first-order chi connectivity index (χ1) is 19.0. The number of urea groups is 1. The third-order valence-corrected chi connectivity index (χ3v) is 8.63. The topological polar surface area (TPSA) is 112 Å². The van der Waals surface area contributed by atoms with Crippen LogP contribution in [0.2, 0.25) is 0 Å². The molecular formula is C29H34FN5O5. The molecule has 1 saturated carbocycles. The maximum atomic E-state index is 14.5. The number of benzene rings is 1. The second-order valence-electron chi connectivity index (χ2n) is 11.2. The maximum absolute atomic E-state index is 14.5. The first-order valence-corrected chi connectivity index (χ1v) is 13.7. The lowest BCUT2D eigenvalue weighted by Gasteiger charge is -2.43. The summed E-state index contributed by atoms with van der Waals surface area (Å²) < 4.78 is 15.8. The number of hydrogen-bond donors (Lipinski definition) is 1. The molecule has 10 nitrogen and oxygen atoms in total. The number of rotatable bonds is 5. The molecule has 0 unspecified atom stereocenters. The van der Waals surface area contributed by atoms with E-state index in [9.17, 15) is 28.4 Å². The minimum atomic E-state index is -1.18. The van der Waals surface area contributed by atoms with Crippen LogP contribution in [0, 0.1) is 18.7 Å². The van der Waals surface area contributed by atoms with E-state index in [0.717, 1.165) is 36.1 Å². The van der Waals surface area contributed by atoms with Gasteiger partial charge in [-0.1, -0.05) is 24.5 Å². The van der Waals surface area contributed by atoms with E-state index in [1.807, 2.05) is 0 Å². The quantitative estimate of drug-likeness (QED) is 0.575. The van der Waals surface area contributed by atoms with Gasteiger partial charge in [-0.15, -0.1) is 0 Å². The number of hydrogen-bond acceptors (Lipinski definition) is 5. The van der Waals surface area contributed by atoms with Crippen molar-refractivity contribution < 1.29 is 23.6 Å². The van der Waals surface area contributed by atoms with Crippen LogP contribution in [0.25, 0.3) is 0 Å². The van der Waals surface area contributed by atoms with Gasteiger partial charge in [-0.3, -0.25) is 29.0 Å². The van der Waals surface area contributed by atoms with E-state index in [4.69, 9.17) is 0 Å². The molecule has 1 atom stereocenters. The Balaban J connectivity index is 1.37. The van der Waals surface area contributed by atoms with Gasteiger partial charge in [0.2, 0.25) is 11.5 Å². The summed E-state index contributed by atoms with van der Waals surface area (Å²) in [5, 5.41) is 2.83. The molecule has 2 aromatic rings. The van der Waals surface area contributed by atoms with Gasteiger partial charge >= 0.3 is 6.03 Å². The highest BCUT2D eigenvalue weighted by molar-refractivity contribution is 6.16. The van der Waals surface area contributed by atoms with Crippen molar-refractivity contribution in [2.75, 3.05) is 25.0 Å². The van der Waals surface area contributed by atoms with E-state index in [-0.39, 0.29) is 54.8 Å². The number of pyridine rings is 1. The Morgan fingerprint density at radius 3 is 2.35 bits per heavy atom. The van der Waals surface area contributed by atoms with E-state index >= 15 is 0 Å². The fraction of sp³-hybridized carbons (Fsp3) is 0.483. The highest BCUT2D eigenvalue weighted by atomic mass is 19.1. The van der Waals surface area contributed by atoms with E-state index in [1.54, 1.807) is 24.9 Å². The van der Waals surface area contributed by atoms with Gasteiger partial charge in [-0.2, -0.15) is 0 Å². The lowest BCUT2D eigenvalue weighted by molar-refractivity contribution is -0.139. The van der Waals surface area contributed by atoms with E-state index in [0.29, 0.717) is 5.69 Å². The number of aryl methyl sites for hydroxylation is 2. The predicted molar refractivity (Wildman–Crippen MR) is 145 cm³/mol. The van der Waals surface area contributed by atoms with Crippen LogP contribution >= 0.6 is 0 Å². The first kappa shape index (κ1) is 27.5. The first-order valence-electron chi connectivity index (χ1n) is 13.7. The lowest BCUT2D eigenvalue weighted by atomic mass is 9.84. The molecule has 1 N–H and O–H groups in total. The monoisotopic (exact) mass is 551 g/mol. The molecule has 212 valence electrons. The van der Waals surface area contributed by atoms with Crippen LogP contribution in [0.15, 0.2) is 41.3 Å². The number of carbonyl (C=O) groups is 4. The van der Waals surface area contributed by atoms with Crippen molar-refractivity contribution in [3.05, 3.63) is 63.8 Å². The zero-order chi connectivity index (χ0) is 28.8. The molecule has 1 spiro atoms. The molecule has 3 heterocycles. The average Bonchev–Trinajstić information content (AvgIpc) is 3.53. The Morgan fingerprint density at radius 2 is 1.70 bits per heavy atom. The summed E-state index contributed by atoms with van der Waals surface area (Å²) in [6, 6.07) is 5.88. The van der Waals surface area contributed by atoms with Crippen molar-refractivity contribution in [2.24, 2.45) is 13.0 Å². The van der Waals surface area contributed by atoms with Gasteiger partial charge in [0.25, 0.3) is 11.8 Å². The fourth-order valence-electron chi connectivity index (χ4n) is 6.33. The van der Waals surface area contributed by atoms with Crippen LogP contribution in [0.4, 0.5) is 14.9 Å². The molecular weight excluding hydrogens is 517 g/mol. The van der Waals surface area contributed by atoms with E-state index in [1.165, 1.54) is 47.0 Å². The second kappa shape index (κ2) is 10.5. The van der Waals surface area contributed by atoms with Crippen LogP contribution in [0.5, 0.6) is 0 Å². The van der Waals surface area contributed by atoms with Crippen LogP contribution in [0.3, 0.4) is 0 Å². The minimum Gasteiger partial charge on any atom is -0.341 e. The number of aromatic nitrogens is 1. The SMILES string of the molecule is Cc1ccc(F)c(C(=O)N[C@@H](C(=O)N2CCC3(CC2)C(=O)N(C)C(=O)N3c2ccc(=O)n(C)c2)C2CCCC2)c1. The molecule has 0 radical (unpaired) electrons. The van der Waals surface area contributed by atoms with Crippen molar-refractivity contribution in [1.29, 1.82) is 0 Å². The van der Waals surface area contributed by atoms with Crippen LogP contribution in [0.1, 0.15) is 54.4 Å². The highest BCUT2D eigenvalue weighted by Crippen LogP contribution is 2.40. The van der Waals surface area contributed by atoms with Crippen LogP contribution < -0.4 is 15.8 Å². The van der Waals surface area contributed by atoms with Gasteiger partial charge < -0.3 is 14.8 Å². The predicted octanol–water partition coefficient (Wildman–Crippen LogP) is 2.58. The molecule has 5 rings (SSSR count). The number of anilines is 1. The highest BCUT2D eigenvalue weighted by Gasteiger charge is 2.58. The van der Waals surface area contributed by atoms with Crippen molar-refractivity contribution >= 4 is 29.4 Å². The Kier molecular flexibility index (Phi) is 7.24. The lowest BCUT2D eigenvalue weighted by Crippen LogP contribution is -2.60. The minimum absolute atomic E-state index is 0.0665. The smallest absolute Gasteiger partial charge is 0.331 e. The third kappa shape index (κ3) is 4.67. The van der Waals surface area contributed by atoms with Crippen LogP contribution in [-0.2, 0) is 16.6 Å². The number of carbonyl (C=O) groups excluding carboxylic acids is 4. The Labute approximate surface area is 231 Å². The number of nitrogens with one attached hydrogen (secondary N) is 1. The largest absolute Gasteiger partial charge is 0.341 e. The summed E-state index contributed by atoms with van der Waals surface area (Å²) in [4.78, 5) is 69.6. The van der Waals surface area contributed by atoms with E-state index in [2.05, 4.69) is 5.32 Å². The summed E-state index contributed by atoms with van der Waals surface area (Å²) in [6.07, 6.45) is 5.39. The van der Waals surface area contributed by atoms with Crippen molar-refractivity contribution in [3.63, 3.8) is 0 Å². The van der Waals surface area contributed by atoms with Gasteiger partial charge in [0, 0.05) is 39.4 Å². The summed E-state index contributed by atoms with van der Waals surface area (Å²) in [7, 11) is 3.01. The Bertz CT molecular complexity index is 1420. The molecule has 1 aliphatic carbocycles. The van der Waals surface area contributed by atoms with Crippen LogP contribution in [-0.4, -0.2) is 69.8 Å². The number of piperidine rings is 1. The average molecular weight is 552 g/mol. The fourth-order valence-corrected chi connectivity index (χ4v) is 6.33. The van der Waals surface area contributed by atoms with Gasteiger partial charge in [-0.25, -0.2) is 9.18 Å².